The fourth-order valence-electron chi connectivity index (χ4n) is 1.36. The van der Waals surface area contributed by atoms with E-state index in [0.717, 1.165) is 5.49 Å². The first kappa shape index (κ1) is 15.0. The maximum atomic E-state index is 12.2. The second-order valence-electron chi connectivity index (χ2n) is 5.45. The van der Waals surface area contributed by atoms with Crippen LogP contribution in [0.15, 0.2) is 29.4 Å². The zero-order valence-corrected chi connectivity index (χ0v) is 12.6. The van der Waals surface area contributed by atoms with E-state index in [-0.39, 0.29) is 16.7 Å². The lowest BCUT2D eigenvalue weighted by Crippen LogP contribution is -2.29. The highest BCUT2D eigenvalue weighted by Crippen LogP contribution is 2.22. The van der Waals surface area contributed by atoms with Crippen LogP contribution < -0.4 is 5.49 Å². The van der Waals surface area contributed by atoms with Gasteiger partial charge in [-0.3, -0.25) is 14.4 Å². The summed E-state index contributed by atoms with van der Waals surface area (Å²) in [6.07, 6.45) is 1.78. The van der Waals surface area contributed by atoms with Crippen molar-refractivity contribution in [3.8, 4) is 0 Å². The molecule has 0 spiro atoms. The van der Waals surface area contributed by atoms with Crippen LogP contribution in [0.1, 0.15) is 39.4 Å². The van der Waals surface area contributed by atoms with Crippen molar-refractivity contribution in [1.82, 2.24) is 4.57 Å². The van der Waals surface area contributed by atoms with Gasteiger partial charge in [0.2, 0.25) is 5.91 Å². The number of pyridine rings is 1. The van der Waals surface area contributed by atoms with Gasteiger partial charge in [0.25, 0.3) is 0 Å². The first-order valence-electron chi connectivity index (χ1n) is 6.18. The van der Waals surface area contributed by atoms with Gasteiger partial charge in [0.05, 0.1) is 5.75 Å². The summed E-state index contributed by atoms with van der Waals surface area (Å²) >= 11 is 1.65. The highest BCUT2D eigenvalue weighted by molar-refractivity contribution is 8.01. The predicted octanol–water partition coefficient (Wildman–Crippen LogP) is 2.97. The summed E-state index contributed by atoms with van der Waals surface area (Å²) in [4.78, 5) is 16.6. The molecule has 0 aliphatic rings. The largest absolute Gasteiger partial charge is 0.273 e. The van der Waals surface area contributed by atoms with Gasteiger partial charge in [-0.2, -0.15) is 0 Å². The first-order valence-corrected chi connectivity index (χ1v) is 7.17. The molecule has 1 rings (SSSR count). The average Bonchev–Trinajstić information content (AvgIpc) is 2.25. The Bertz CT molecular complexity index is 469. The topological polar surface area (TPSA) is 34.4 Å². The molecular weight excluding hydrogens is 244 g/mol. The number of hydrogen-bond donors (Lipinski definition) is 0. The lowest BCUT2D eigenvalue weighted by Gasteiger charge is -2.17. The molecule has 0 amide bonds. The standard InChI is InChI=1S/C14H22N2OS/c1-11(2)15-12-8-6-7-9-16(12)13(17)10-18-14(3,4)5/h6-9,11H,10H2,1-5H3. The smallest absolute Gasteiger partial charge is 0.242 e. The van der Waals surface area contributed by atoms with Crippen LogP contribution in [0.25, 0.3) is 0 Å². The third-order valence-corrected chi connectivity index (χ3v) is 3.38. The van der Waals surface area contributed by atoms with Crippen LogP contribution in [0.2, 0.25) is 0 Å². The minimum Gasteiger partial charge on any atom is -0.273 e. The summed E-state index contributed by atoms with van der Waals surface area (Å²) in [6.45, 7) is 10.3. The molecule has 100 valence electrons. The van der Waals surface area contributed by atoms with Crippen molar-refractivity contribution in [3.05, 3.63) is 29.9 Å². The SMILES string of the molecule is CC(C)N=c1ccccn1C(=O)CSC(C)(C)C. The fourth-order valence-corrected chi connectivity index (χ4v) is 2.06. The lowest BCUT2D eigenvalue weighted by molar-refractivity contribution is 0.0936. The molecule has 4 heteroatoms. The number of thioether (sulfide) groups is 1. The Balaban J connectivity index is 2.93. The zero-order chi connectivity index (χ0) is 13.8. The zero-order valence-electron chi connectivity index (χ0n) is 11.8. The molecule has 0 aliphatic carbocycles. The number of rotatable bonds is 3. The molecule has 0 saturated heterocycles. The molecule has 0 N–H and O–H groups in total. The summed E-state index contributed by atoms with van der Waals surface area (Å²) in [5.41, 5.74) is 0.729. The molecule has 0 bridgehead atoms. The molecule has 1 heterocycles. The molecule has 0 fully saturated rings. The van der Waals surface area contributed by atoms with E-state index < -0.39 is 0 Å². The van der Waals surface area contributed by atoms with Crippen molar-refractivity contribution >= 4 is 17.7 Å². The number of carbonyl (C=O) groups is 1. The summed E-state index contributed by atoms with van der Waals surface area (Å²) in [5.74, 6) is 0.550. The minimum absolute atomic E-state index is 0.0786. The van der Waals surface area contributed by atoms with E-state index in [2.05, 4.69) is 25.8 Å². The molecule has 3 nitrogen and oxygen atoms in total. The summed E-state index contributed by atoms with van der Waals surface area (Å²) in [5, 5.41) is 0. The molecule has 0 saturated carbocycles. The first-order chi connectivity index (χ1) is 8.29. The highest BCUT2D eigenvalue weighted by Gasteiger charge is 2.14. The van der Waals surface area contributed by atoms with Crippen LogP contribution >= 0.6 is 11.8 Å². The van der Waals surface area contributed by atoms with E-state index in [0.29, 0.717) is 5.75 Å². The monoisotopic (exact) mass is 266 g/mol. The van der Waals surface area contributed by atoms with Crippen LogP contribution in [0.4, 0.5) is 0 Å². The van der Waals surface area contributed by atoms with E-state index in [1.807, 2.05) is 32.0 Å². The van der Waals surface area contributed by atoms with Gasteiger partial charge in [-0.1, -0.05) is 26.8 Å². The van der Waals surface area contributed by atoms with Crippen LogP contribution in [0, 0.1) is 0 Å². The quantitative estimate of drug-likeness (QED) is 0.843. The molecule has 1 aromatic rings. The third kappa shape index (κ3) is 5.08. The van der Waals surface area contributed by atoms with Crippen LogP contribution in [0.3, 0.4) is 0 Å². The van der Waals surface area contributed by atoms with E-state index in [1.165, 1.54) is 0 Å². The van der Waals surface area contributed by atoms with E-state index in [4.69, 9.17) is 0 Å². The molecule has 0 atom stereocenters. The van der Waals surface area contributed by atoms with Gasteiger partial charge < -0.3 is 0 Å². The Morgan fingerprint density at radius 2 is 2.06 bits per heavy atom. The van der Waals surface area contributed by atoms with Crippen molar-refractivity contribution in [2.75, 3.05) is 5.75 Å². The lowest BCUT2D eigenvalue weighted by atomic mass is 10.3. The van der Waals surface area contributed by atoms with Crippen molar-refractivity contribution < 1.29 is 4.79 Å². The van der Waals surface area contributed by atoms with E-state index >= 15 is 0 Å². The summed E-state index contributed by atoms with van der Waals surface area (Å²) in [7, 11) is 0. The molecule has 1 aromatic heterocycles. The Labute approximate surface area is 113 Å². The van der Waals surface area contributed by atoms with Gasteiger partial charge >= 0.3 is 0 Å². The second-order valence-corrected chi connectivity index (χ2v) is 7.25. The minimum atomic E-state index is 0.0786. The molecule has 18 heavy (non-hydrogen) atoms. The molecule has 0 aliphatic heterocycles. The normalized spacial score (nSPS) is 13.1. The van der Waals surface area contributed by atoms with Crippen molar-refractivity contribution in [2.24, 2.45) is 4.99 Å². The van der Waals surface area contributed by atoms with E-state index in [1.54, 1.807) is 22.5 Å². The van der Waals surface area contributed by atoms with Crippen molar-refractivity contribution in [1.29, 1.82) is 0 Å². The van der Waals surface area contributed by atoms with Gasteiger partial charge in [0.15, 0.2) is 0 Å². The number of nitrogens with zero attached hydrogens (tertiary/aromatic N) is 2. The highest BCUT2D eigenvalue weighted by atomic mass is 32.2. The predicted molar refractivity (Wildman–Crippen MR) is 78.0 cm³/mol. The van der Waals surface area contributed by atoms with Crippen molar-refractivity contribution in [3.63, 3.8) is 0 Å². The van der Waals surface area contributed by atoms with Gasteiger partial charge in [0.1, 0.15) is 5.49 Å². The maximum Gasteiger partial charge on any atom is 0.242 e. The second kappa shape index (κ2) is 6.23. The maximum absolute atomic E-state index is 12.2. The molecule has 0 radical (unpaired) electrons. The Morgan fingerprint density at radius 1 is 1.39 bits per heavy atom. The van der Waals surface area contributed by atoms with Crippen LogP contribution in [0.5, 0.6) is 0 Å². The van der Waals surface area contributed by atoms with Crippen molar-refractivity contribution in [2.45, 2.75) is 45.4 Å². The van der Waals surface area contributed by atoms with Gasteiger partial charge in [-0.15, -0.1) is 11.8 Å². The van der Waals surface area contributed by atoms with E-state index in [9.17, 15) is 4.79 Å². The number of hydrogen-bond acceptors (Lipinski definition) is 3. The van der Waals surface area contributed by atoms with Gasteiger partial charge in [0, 0.05) is 17.0 Å². The van der Waals surface area contributed by atoms with Crippen LogP contribution in [-0.2, 0) is 0 Å². The fraction of sp³-hybridized carbons (Fsp3) is 0.571. The van der Waals surface area contributed by atoms with Gasteiger partial charge in [-0.25, -0.2) is 0 Å². The molecular formula is C14H22N2OS. The Kier molecular flexibility index (Phi) is 5.20. The Hall–Kier alpha value is -1.03. The third-order valence-electron chi connectivity index (χ3n) is 2.13. The van der Waals surface area contributed by atoms with Gasteiger partial charge in [-0.05, 0) is 26.0 Å². The number of carbonyl (C=O) groups excluding carboxylic acids is 1. The average molecular weight is 266 g/mol. The summed E-state index contributed by atoms with van der Waals surface area (Å²) in [6, 6.07) is 5.82. The number of aromatic nitrogens is 1. The Morgan fingerprint density at radius 3 is 2.61 bits per heavy atom. The summed E-state index contributed by atoms with van der Waals surface area (Å²) < 4.78 is 1.74. The molecule has 0 aromatic carbocycles. The molecule has 0 unspecified atom stereocenters. The van der Waals surface area contributed by atoms with Crippen LogP contribution in [-0.4, -0.2) is 27.0 Å².